The Hall–Kier alpha value is -1.65. The van der Waals surface area contributed by atoms with Crippen LogP contribution in [0.4, 0.5) is 0 Å². The molecule has 2 heterocycles. The number of halogens is 1. The molecule has 1 aliphatic rings. The predicted molar refractivity (Wildman–Crippen MR) is 148 cm³/mol. The monoisotopic (exact) mass is 567 g/mol. The van der Waals surface area contributed by atoms with E-state index in [0.29, 0.717) is 0 Å². The molecule has 8 heteroatoms. The van der Waals surface area contributed by atoms with Gasteiger partial charge in [0.2, 0.25) is 0 Å². The largest absolute Gasteiger partial charge is 0.354 e. The van der Waals surface area contributed by atoms with Gasteiger partial charge in [0.15, 0.2) is 5.96 Å². The third-order valence-electron chi connectivity index (χ3n) is 6.58. The van der Waals surface area contributed by atoms with Crippen LogP contribution in [-0.4, -0.2) is 71.4 Å². The van der Waals surface area contributed by atoms with E-state index in [2.05, 4.69) is 82.5 Å². The summed E-state index contributed by atoms with van der Waals surface area (Å²) >= 11 is 0. The Kier molecular flexibility index (Phi) is 11.1. The van der Waals surface area contributed by atoms with Crippen LogP contribution in [0.5, 0.6) is 0 Å². The number of hydrogen-bond donors (Lipinski definition) is 2. The number of likely N-dealkylation sites (N-methyl/N-ethyl adjacent to an activating group) is 1. The number of benzene rings is 1. The Morgan fingerprint density at radius 1 is 1.06 bits per heavy atom. The van der Waals surface area contributed by atoms with E-state index >= 15 is 0 Å². The molecule has 3 rings (SSSR count). The Labute approximate surface area is 217 Å². The van der Waals surface area contributed by atoms with Crippen molar-refractivity contribution in [2.24, 2.45) is 12.0 Å². The second-order valence-electron chi connectivity index (χ2n) is 8.98. The van der Waals surface area contributed by atoms with Crippen molar-refractivity contribution in [3.05, 3.63) is 52.3 Å². The van der Waals surface area contributed by atoms with Gasteiger partial charge in [-0.05, 0) is 50.4 Å². The number of piperazine rings is 1. The van der Waals surface area contributed by atoms with Crippen molar-refractivity contribution in [1.82, 2.24) is 30.2 Å². The molecule has 1 aromatic carbocycles. The summed E-state index contributed by atoms with van der Waals surface area (Å²) in [6, 6.07) is 9.23. The molecular formula is C25H42IN7. The average molecular weight is 568 g/mol. The average Bonchev–Trinajstić information content (AvgIpc) is 3.04. The highest BCUT2D eigenvalue weighted by Gasteiger charge is 2.16. The van der Waals surface area contributed by atoms with Crippen LogP contribution in [0.1, 0.15) is 41.9 Å². The van der Waals surface area contributed by atoms with Crippen molar-refractivity contribution in [2.45, 2.75) is 53.2 Å². The van der Waals surface area contributed by atoms with Crippen molar-refractivity contribution in [3.63, 3.8) is 0 Å². The number of hydrogen-bond acceptors (Lipinski definition) is 4. The summed E-state index contributed by atoms with van der Waals surface area (Å²) in [4.78, 5) is 9.48. The minimum absolute atomic E-state index is 0. The second kappa shape index (κ2) is 13.3. The summed E-state index contributed by atoms with van der Waals surface area (Å²) in [7, 11) is 3.83. The van der Waals surface area contributed by atoms with Crippen molar-refractivity contribution >= 4 is 29.9 Å². The summed E-state index contributed by atoms with van der Waals surface area (Å²) in [5.41, 5.74) is 6.30. The summed E-state index contributed by atoms with van der Waals surface area (Å²) in [5, 5.41) is 11.5. The van der Waals surface area contributed by atoms with E-state index in [1.165, 1.54) is 35.5 Å². The van der Waals surface area contributed by atoms with E-state index in [9.17, 15) is 0 Å². The molecule has 7 nitrogen and oxygen atoms in total. The van der Waals surface area contributed by atoms with E-state index in [4.69, 9.17) is 0 Å². The van der Waals surface area contributed by atoms with E-state index in [1.54, 1.807) is 0 Å². The molecule has 1 atom stereocenters. The van der Waals surface area contributed by atoms with Crippen LogP contribution in [-0.2, 0) is 26.6 Å². The number of aryl methyl sites for hydroxylation is 2. The van der Waals surface area contributed by atoms with Gasteiger partial charge in [-0.3, -0.25) is 14.6 Å². The Morgan fingerprint density at radius 2 is 1.67 bits per heavy atom. The maximum absolute atomic E-state index is 4.53. The third kappa shape index (κ3) is 7.96. The first kappa shape index (κ1) is 27.6. The molecule has 33 heavy (non-hydrogen) atoms. The summed E-state index contributed by atoms with van der Waals surface area (Å²) in [6.45, 7) is 16.3. The van der Waals surface area contributed by atoms with Crippen LogP contribution >= 0.6 is 24.0 Å². The van der Waals surface area contributed by atoms with Gasteiger partial charge in [-0.15, -0.1) is 24.0 Å². The molecule has 2 aromatic rings. The highest BCUT2D eigenvalue weighted by Crippen LogP contribution is 2.14. The lowest BCUT2D eigenvalue weighted by Crippen LogP contribution is -2.45. The number of nitrogens with one attached hydrogen (secondary N) is 2. The molecule has 1 saturated heterocycles. The minimum Gasteiger partial charge on any atom is -0.354 e. The molecule has 1 fully saturated rings. The second-order valence-corrected chi connectivity index (χ2v) is 8.98. The molecule has 0 spiro atoms. The number of guanidine groups is 1. The number of nitrogens with zero attached hydrogens (tertiary/aromatic N) is 5. The summed E-state index contributed by atoms with van der Waals surface area (Å²) in [5.74, 6) is 0.828. The number of rotatable bonds is 8. The van der Waals surface area contributed by atoms with Crippen molar-refractivity contribution in [3.8, 4) is 0 Å². The quantitative estimate of drug-likeness (QED) is 0.292. The Morgan fingerprint density at radius 3 is 2.21 bits per heavy atom. The smallest absolute Gasteiger partial charge is 0.191 e. The topological polar surface area (TPSA) is 60.7 Å². The van der Waals surface area contributed by atoms with Gasteiger partial charge >= 0.3 is 0 Å². The first-order chi connectivity index (χ1) is 15.4. The molecule has 184 valence electrons. The highest BCUT2D eigenvalue weighted by atomic mass is 127. The predicted octanol–water partition coefficient (Wildman–Crippen LogP) is 3.09. The molecule has 0 saturated carbocycles. The Balaban J connectivity index is 0.00000385. The van der Waals surface area contributed by atoms with Gasteiger partial charge < -0.3 is 15.5 Å². The van der Waals surface area contributed by atoms with Gasteiger partial charge in [0.1, 0.15) is 0 Å². The molecule has 0 bridgehead atoms. The van der Waals surface area contributed by atoms with Crippen LogP contribution in [0.2, 0.25) is 0 Å². The molecule has 0 amide bonds. The molecular weight excluding hydrogens is 525 g/mol. The fraction of sp³-hybridized carbons (Fsp3) is 0.600. The van der Waals surface area contributed by atoms with Crippen LogP contribution < -0.4 is 10.6 Å². The fourth-order valence-electron chi connectivity index (χ4n) is 4.37. The van der Waals surface area contributed by atoms with Gasteiger partial charge in [-0.25, -0.2) is 0 Å². The lowest BCUT2D eigenvalue weighted by molar-refractivity contribution is 0.132. The molecule has 1 aromatic heterocycles. The van der Waals surface area contributed by atoms with E-state index in [1.807, 2.05) is 18.8 Å². The van der Waals surface area contributed by atoms with Crippen LogP contribution in [0.25, 0.3) is 0 Å². The lowest BCUT2D eigenvalue weighted by atomic mass is 10.1. The standard InChI is InChI=1S/C25H41N7.HI/c1-7-31-12-14-32(15-13-31)18-23-10-8-22(9-11-23)17-27-25(26-5)28-19(2)16-24-20(3)29-30(6)21(24)4;/h8-11,19H,7,12-18H2,1-6H3,(H2,26,27,28);1H. The zero-order chi connectivity index (χ0) is 23.1. The summed E-state index contributed by atoms with van der Waals surface area (Å²) < 4.78 is 1.96. The molecule has 2 N–H and O–H groups in total. The maximum Gasteiger partial charge on any atom is 0.191 e. The van der Waals surface area contributed by atoms with Gasteiger partial charge in [0.25, 0.3) is 0 Å². The number of aliphatic imine (C=N–C) groups is 1. The fourth-order valence-corrected chi connectivity index (χ4v) is 4.37. The minimum atomic E-state index is 0. The normalized spacial score (nSPS) is 16.4. The highest BCUT2D eigenvalue weighted by molar-refractivity contribution is 14.0. The first-order valence-corrected chi connectivity index (χ1v) is 11.9. The Bertz CT molecular complexity index is 883. The van der Waals surface area contributed by atoms with E-state index in [0.717, 1.165) is 50.8 Å². The van der Waals surface area contributed by atoms with E-state index in [-0.39, 0.29) is 30.0 Å². The molecule has 0 aliphatic carbocycles. The van der Waals surface area contributed by atoms with Crippen LogP contribution in [0.3, 0.4) is 0 Å². The van der Waals surface area contributed by atoms with Gasteiger partial charge in [0, 0.05) is 65.1 Å². The zero-order valence-electron chi connectivity index (χ0n) is 21.2. The van der Waals surface area contributed by atoms with Crippen LogP contribution in [0.15, 0.2) is 29.3 Å². The lowest BCUT2D eigenvalue weighted by Gasteiger charge is -2.34. The van der Waals surface area contributed by atoms with E-state index < -0.39 is 0 Å². The number of aromatic nitrogens is 2. The van der Waals surface area contributed by atoms with Crippen molar-refractivity contribution in [1.29, 1.82) is 0 Å². The maximum atomic E-state index is 4.53. The SMILES string of the molecule is CCN1CCN(Cc2ccc(CNC(=NC)NC(C)Cc3c(C)nn(C)c3C)cc2)CC1.I. The third-order valence-corrected chi connectivity index (χ3v) is 6.58. The van der Waals surface area contributed by atoms with Crippen molar-refractivity contribution < 1.29 is 0 Å². The summed E-state index contributed by atoms with van der Waals surface area (Å²) in [6.07, 6.45) is 0.924. The molecule has 0 radical (unpaired) electrons. The molecule has 1 aliphatic heterocycles. The van der Waals surface area contributed by atoms with Gasteiger partial charge in [0.05, 0.1) is 5.69 Å². The molecule has 1 unspecified atom stereocenters. The van der Waals surface area contributed by atoms with Crippen molar-refractivity contribution in [2.75, 3.05) is 39.8 Å². The first-order valence-electron chi connectivity index (χ1n) is 11.9. The van der Waals surface area contributed by atoms with Gasteiger partial charge in [-0.2, -0.15) is 5.10 Å². The van der Waals surface area contributed by atoms with Gasteiger partial charge in [-0.1, -0.05) is 31.2 Å². The zero-order valence-corrected chi connectivity index (χ0v) is 23.5. The van der Waals surface area contributed by atoms with Crippen LogP contribution in [0, 0.1) is 13.8 Å².